The molecule has 0 radical (unpaired) electrons. The van der Waals surface area contributed by atoms with Crippen molar-refractivity contribution in [2.75, 3.05) is 12.4 Å². The number of halogens is 1. The zero-order valence-electron chi connectivity index (χ0n) is 17.6. The van der Waals surface area contributed by atoms with Gasteiger partial charge in [0.05, 0.1) is 28.6 Å². The minimum absolute atomic E-state index is 0.164. The van der Waals surface area contributed by atoms with E-state index in [0.717, 1.165) is 33.1 Å². The van der Waals surface area contributed by atoms with Crippen molar-refractivity contribution in [3.8, 4) is 27.5 Å². The molecule has 0 saturated carbocycles. The third kappa shape index (κ3) is 3.49. The number of pyridine rings is 1. The van der Waals surface area contributed by atoms with Crippen molar-refractivity contribution in [3.63, 3.8) is 0 Å². The third-order valence-electron chi connectivity index (χ3n) is 5.31. The molecule has 7 nitrogen and oxygen atoms in total. The van der Waals surface area contributed by atoms with Crippen LogP contribution >= 0.6 is 11.3 Å². The maximum atomic E-state index is 15.5. The second-order valence-electron chi connectivity index (χ2n) is 7.49. The number of amides is 1. The van der Waals surface area contributed by atoms with Gasteiger partial charge in [-0.3, -0.25) is 9.78 Å². The molecule has 3 aromatic heterocycles. The van der Waals surface area contributed by atoms with E-state index in [1.807, 2.05) is 12.1 Å². The Morgan fingerprint density at radius 1 is 1.28 bits per heavy atom. The number of thiazole rings is 1. The number of ether oxygens (including phenoxy) is 1. The summed E-state index contributed by atoms with van der Waals surface area (Å²) in [6.45, 7) is 1.62. The fourth-order valence-corrected chi connectivity index (χ4v) is 5.10. The molecule has 5 rings (SSSR count). The summed E-state index contributed by atoms with van der Waals surface area (Å²) >= 11 is 1.38. The maximum absolute atomic E-state index is 15.5. The highest BCUT2D eigenvalue weighted by Gasteiger charge is 2.31. The van der Waals surface area contributed by atoms with Gasteiger partial charge in [0.25, 0.3) is 0 Å². The predicted molar refractivity (Wildman–Crippen MR) is 120 cm³/mol. The van der Waals surface area contributed by atoms with Gasteiger partial charge in [-0.2, -0.15) is 5.10 Å². The van der Waals surface area contributed by atoms with Crippen LogP contribution in [0.1, 0.15) is 23.7 Å². The first-order valence-electron chi connectivity index (χ1n) is 10.1. The van der Waals surface area contributed by atoms with Crippen molar-refractivity contribution >= 4 is 22.4 Å². The van der Waals surface area contributed by atoms with E-state index in [9.17, 15) is 4.79 Å². The monoisotopic (exact) mass is 449 g/mol. The first kappa shape index (κ1) is 20.5. The lowest BCUT2D eigenvalue weighted by molar-refractivity contribution is -0.114. The summed E-state index contributed by atoms with van der Waals surface area (Å²) in [7, 11) is 1.54. The average Bonchev–Trinajstić information content (AvgIpc) is 3.36. The number of methoxy groups -OCH3 is 1. The molecule has 162 valence electrons. The van der Waals surface area contributed by atoms with Gasteiger partial charge in [-0.25, -0.2) is 14.1 Å². The highest BCUT2D eigenvalue weighted by molar-refractivity contribution is 7.19. The SMILES string of the molecule is COCc1cccc(-n2nc(-c3cccnc3)c3c2-c2sc(NC(C)=O)nc2CC3)c1F. The molecule has 0 unspecified atom stereocenters. The Hall–Kier alpha value is -3.43. The van der Waals surface area contributed by atoms with Crippen LogP contribution in [0.4, 0.5) is 9.52 Å². The van der Waals surface area contributed by atoms with Crippen LogP contribution in [0.25, 0.3) is 27.5 Å². The summed E-state index contributed by atoms with van der Waals surface area (Å²) in [5.74, 6) is -0.560. The first-order chi connectivity index (χ1) is 15.6. The van der Waals surface area contributed by atoms with Crippen molar-refractivity contribution < 1.29 is 13.9 Å². The number of aromatic nitrogens is 4. The standard InChI is InChI=1S/C23H20FN5O2S/c1-13(30)26-23-27-17-9-8-16-20(14-6-4-10-25-11-14)28-29(21(16)22(17)32-23)18-7-3-5-15(12-31-2)19(18)24/h3-7,10-11H,8-9,12H2,1-2H3,(H,26,27,30). The van der Waals surface area contributed by atoms with E-state index in [1.54, 1.807) is 35.3 Å². The molecule has 0 atom stereocenters. The van der Waals surface area contributed by atoms with E-state index < -0.39 is 0 Å². The first-order valence-corrected chi connectivity index (χ1v) is 10.9. The number of hydrogen-bond acceptors (Lipinski definition) is 6. The Bertz CT molecular complexity index is 1320. The van der Waals surface area contributed by atoms with Gasteiger partial charge >= 0.3 is 0 Å². The number of anilines is 1. The Morgan fingerprint density at radius 2 is 2.16 bits per heavy atom. The largest absolute Gasteiger partial charge is 0.380 e. The summed E-state index contributed by atoms with van der Waals surface area (Å²) in [6.07, 6.45) is 4.89. The van der Waals surface area contributed by atoms with Gasteiger partial charge in [0.1, 0.15) is 5.69 Å². The molecule has 1 aliphatic rings. The van der Waals surface area contributed by atoms with Crippen molar-refractivity contribution in [1.82, 2.24) is 19.7 Å². The van der Waals surface area contributed by atoms with Crippen molar-refractivity contribution in [3.05, 3.63) is 65.4 Å². The molecule has 0 spiro atoms. The van der Waals surface area contributed by atoms with Gasteiger partial charge in [-0.1, -0.05) is 23.5 Å². The minimum Gasteiger partial charge on any atom is -0.380 e. The van der Waals surface area contributed by atoms with Crippen molar-refractivity contribution in [2.24, 2.45) is 0 Å². The molecule has 0 fully saturated rings. The molecule has 32 heavy (non-hydrogen) atoms. The second kappa shape index (κ2) is 8.25. The van der Waals surface area contributed by atoms with Crippen LogP contribution < -0.4 is 5.32 Å². The second-order valence-corrected chi connectivity index (χ2v) is 8.49. The summed E-state index contributed by atoms with van der Waals surface area (Å²) in [4.78, 5) is 21.3. The molecule has 1 N–H and O–H groups in total. The number of rotatable bonds is 5. The normalized spacial score (nSPS) is 12.3. The number of nitrogens with one attached hydrogen (secondary N) is 1. The van der Waals surface area contributed by atoms with E-state index in [-0.39, 0.29) is 18.3 Å². The Balaban J connectivity index is 1.75. The van der Waals surface area contributed by atoms with Crippen molar-refractivity contribution in [2.45, 2.75) is 26.4 Å². The molecule has 1 amide bonds. The van der Waals surface area contributed by atoms with Crippen LogP contribution in [0, 0.1) is 5.82 Å². The van der Waals surface area contributed by atoms with Gasteiger partial charge in [-0.05, 0) is 31.0 Å². The van der Waals surface area contributed by atoms with Crippen LogP contribution in [-0.2, 0) is 29.0 Å². The van der Waals surface area contributed by atoms with Crippen LogP contribution in [0.5, 0.6) is 0 Å². The lowest BCUT2D eigenvalue weighted by Gasteiger charge is -2.15. The fourth-order valence-electron chi connectivity index (χ4n) is 3.98. The van der Waals surface area contributed by atoms with Crippen LogP contribution in [0.15, 0.2) is 42.7 Å². The number of carbonyl (C=O) groups is 1. The van der Waals surface area contributed by atoms with Crippen LogP contribution in [0.2, 0.25) is 0 Å². The quantitative estimate of drug-likeness (QED) is 0.488. The molecule has 0 saturated heterocycles. The number of benzene rings is 1. The predicted octanol–water partition coefficient (Wildman–Crippen LogP) is 4.40. The van der Waals surface area contributed by atoms with E-state index in [0.29, 0.717) is 29.2 Å². The highest BCUT2D eigenvalue weighted by atomic mass is 32.1. The summed E-state index contributed by atoms with van der Waals surface area (Å²) in [5.41, 5.74) is 5.12. The molecule has 0 bridgehead atoms. The Morgan fingerprint density at radius 3 is 2.91 bits per heavy atom. The van der Waals surface area contributed by atoms with Gasteiger partial charge < -0.3 is 10.1 Å². The Kier molecular flexibility index (Phi) is 5.28. The van der Waals surface area contributed by atoms with Gasteiger partial charge in [0.15, 0.2) is 10.9 Å². The summed E-state index contributed by atoms with van der Waals surface area (Å²) in [5, 5.41) is 8.14. The minimum atomic E-state index is -0.379. The number of fused-ring (bicyclic) bond motifs is 3. The van der Waals surface area contributed by atoms with E-state index in [4.69, 9.17) is 9.84 Å². The number of hydrogen-bond donors (Lipinski definition) is 1. The number of carbonyl (C=O) groups excluding carboxylic acids is 1. The smallest absolute Gasteiger partial charge is 0.223 e. The van der Waals surface area contributed by atoms with Gasteiger partial charge in [0.2, 0.25) is 5.91 Å². The molecule has 0 aliphatic heterocycles. The topological polar surface area (TPSA) is 81.9 Å². The van der Waals surface area contributed by atoms with E-state index >= 15 is 4.39 Å². The zero-order valence-corrected chi connectivity index (χ0v) is 18.4. The lowest BCUT2D eigenvalue weighted by Crippen LogP contribution is -2.08. The Labute approximate surface area is 187 Å². The highest BCUT2D eigenvalue weighted by Crippen LogP contribution is 2.44. The molecular weight excluding hydrogens is 429 g/mol. The van der Waals surface area contributed by atoms with Crippen molar-refractivity contribution in [1.29, 1.82) is 0 Å². The lowest BCUT2D eigenvalue weighted by atomic mass is 9.95. The molecular formula is C23H20FN5O2S. The molecule has 1 aromatic carbocycles. The number of nitrogens with zero attached hydrogens (tertiary/aromatic N) is 4. The van der Waals surface area contributed by atoms with Gasteiger partial charge in [-0.15, -0.1) is 0 Å². The van der Waals surface area contributed by atoms with Crippen LogP contribution in [-0.4, -0.2) is 32.8 Å². The summed E-state index contributed by atoms with van der Waals surface area (Å²) in [6, 6.07) is 9.01. The van der Waals surface area contributed by atoms with Gasteiger partial charge in [0, 0.05) is 43.1 Å². The maximum Gasteiger partial charge on any atom is 0.223 e. The summed E-state index contributed by atoms with van der Waals surface area (Å²) < 4.78 is 22.3. The molecule has 4 aromatic rings. The van der Waals surface area contributed by atoms with E-state index in [2.05, 4.69) is 15.3 Å². The molecule has 1 aliphatic carbocycles. The third-order valence-corrected chi connectivity index (χ3v) is 6.33. The number of aryl methyl sites for hydroxylation is 1. The zero-order chi connectivity index (χ0) is 22.2. The molecule has 9 heteroatoms. The van der Waals surface area contributed by atoms with E-state index in [1.165, 1.54) is 25.4 Å². The van der Waals surface area contributed by atoms with Crippen LogP contribution in [0.3, 0.4) is 0 Å². The molecule has 3 heterocycles. The average molecular weight is 450 g/mol. The fraction of sp³-hybridized carbons (Fsp3) is 0.217.